The molecule has 0 fully saturated rings. The number of sulfone groups is 1. The molecule has 1 N–H and O–H groups in total. The molecule has 0 bridgehead atoms. The molecule has 0 aliphatic carbocycles. The van der Waals surface area contributed by atoms with Crippen LogP contribution in [-0.4, -0.2) is 19.8 Å². The van der Waals surface area contributed by atoms with E-state index in [0.717, 1.165) is 11.7 Å². The largest absolute Gasteiger partial charge is 0.507 e. The number of rotatable bonds is 2. The summed E-state index contributed by atoms with van der Waals surface area (Å²) >= 11 is 5.63. The van der Waals surface area contributed by atoms with Crippen molar-refractivity contribution >= 4 is 27.2 Å². The lowest BCUT2D eigenvalue weighted by Gasteiger charge is -1.99. The number of benzene rings is 1. The highest BCUT2D eigenvalue weighted by Gasteiger charge is 2.03. The zero-order valence-electron chi connectivity index (χ0n) is 7.44. The second kappa shape index (κ2) is 4.02. The van der Waals surface area contributed by atoms with Gasteiger partial charge in [-0.15, -0.1) is 0 Å². The van der Waals surface area contributed by atoms with Crippen molar-refractivity contribution in [2.75, 3.05) is 6.26 Å². The molecule has 0 aromatic heterocycles. The highest BCUT2D eigenvalue weighted by atomic mass is 35.5. The predicted octanol–water partition coefficient (Wildman–Crippen LogP) is 2.24. The van der Waals surface area contributed by atoms with E-state index in [-0.39, 0.29) is 5.76 Å². The Morgan fingerprint density at radius 2 is 1.86 bits per heavy atom. The van der Waals surface area contributed by atoms with Crippen molar-refractivity contribution in [1.29, 1.82) is 0 Å². The van der Waals surface area contributed by atoms with Crippen LogP contribution in [0.3, 0.4) is 0 Å². The molecule has 0 amide bonds. The fraction of sp³-hybridized carbons (Fsp3) is 0.111. The van der Waals surface area contributed by atoms with Gasteiger partial charge in [-0.25, -0.2) is 8.42 Å². The molecule has 5 heteroatoms. The fourth-order valence-electron chi connectivity index (χ4n) is 0.891. The second-order valence-corrected chi connectivity index (χ2v) is 5.17. The Balaban J connectivity index is 3.07. The Kier molecular flexibility index (Phi) is 3.18. The molecule has 0 aliphatic rings. The maximum Gasteiger partial charge on any atom is 0.172 e. The van der Waals surface area contributed by atoms with Crippen molar-refractivity contribution in [2.45, 2.75) is 0 Å². The predicted molar refractivity (Wildman–Crippen MR) is 56.9 cm³/mol. The average Bonchev–Trinajstić information content (AvgIpc) is 2.02. The molecule has 1 aromatic rings. The number of aliphatic hydroxyl groups excluding tert-OH is 1. The Morgan fingerprint density at radius 3 is 2.29 bits per heavy atom. The van der Waals surface area contributed by atoms with Crippen LogP contribution in [0.25, 0.3) is 5.76 Å². The average molecular weight is 233 g/mol. The minimum absolute atomic E-state index is 0.288. The first-order valence-electron chi connectivity index (χ1n) is 3.75. The monoisotopic (exact) mass is 232 g/mol. The summed E-state index contributed by atoms with van der Waals surface area (Å²) in [6, 6.07) is 6.23. The van der Waals surface area contributed by atoms with E-state index in [0.29, 0.717) is 10.6 Å². The first-order valence-corrected chi connectivity index (χ1v) is 6.08. The van der Waals surface area contributed by atoms with E-state index in [4.69, 9.17) is 11.6 Å². The molecule has 0 radical (unpaired) electrons. The molecule has 0 saturated carbocycles. The van der Waals surface area contributed by atoms with Crippen LogP contribution in [0.2, 0.25) is 5.02 Å². The molecule has 0 aliphatic heterocycles. The molecule has 0 saturated heterocycles. The van der Waals surface area contributed by atoms with E-state index < -0.39 is 9.84 Å². The molecule has 0 atom stereocenters. The highest BCUT2D eigenvalue weighted by Crippen LogP contribution is 2.15. The van der Waals surface area contributed by atoms with Gasteiger partial charge in [0.15, 0.2) is 9.84 Å². The molecule has 76 valence electrons. The molecular formula is C9H9ClO3S. The van der Waals surface area contributed by atoms with Crippen molar-refractivity contribution in [3.05, 3.63) is 40.3 Å². The smallest absolute Gasteiger partial charge is 0.172 e. The van der Waals surface area contributed by atoms with Crippen LogP contribution < -0.4 is 0 Å². The molecule has 0 unspecified atom stereocenters. The quantitative estimate of drug-likeness (QED) is 0.796. The van der Waals surface area contributed by atoms with Gasteiger partial charge in [0.25, 0.3) is 0 Å². The Hall–Kier alpha value is -1.00. The van der Waals surface area contributed by atoms with E-state index in [9.17, 15) is 13.5 Å². The van der Waals surface area contributed by atoms with Crippen molar-refractivity contribution in [3.8, 4) is 0 Å². The summed E-state index contributed by atoms with van der Waals surface area (Å²) in [5, 5.41) is 10.7. The van der Waals surface area contributed by atoms with Crippen molar-refractivity contribution in [3.63, 3.8) is 0 Å². The number of hydrogen-bond donors (Lipinski definition) is 1. The van der Waals surface area contributed by atoms with Gasteiger partial charge in [0.2, 0.25) is 0 Å². The Morgan fingerprint density at radius 1 is 1.36 bits per heavy atom. The van der Waals surface area contributed by atoms with Crippen LogP contribution in [0.1, 0.15) is 5.56 Å². The van der Waals surface area contributed by atoms with Crippen LogP contribution in [-0.2, 0) is 9.84 Å². The van der Waals surface area contributed by atoms with E-state index in [1.54, 1.807) is 24.3 Å². The van der Waals surface area contributed by atoms with Crippen molar-refractivity contribution in [1.82, 2.24) is 0 Å². The van der Waals surface area contributed by atoms with Crippen molar-refractivity contribution < 1.29 is 13.5 Å². The van der Waals surface area contributed by atoms with Gasteiger partial charge in [-0.2, -0.15) is 0 Å². The maximum atomic E-state index is 10.8. The zero-order valence-corrected chi connectivity index (χ0v) is 9.01. The minimum atomic E-state index is -3.33. The van der Waals surface area contributed by atoms with Gasteiger partial charge >= 0.3 is 0 Å². The summed E-state index contributed by atoms with van der Waals surface area (Å²) in [5.41, 5.74) is 0.417. The van der Waals surface area contributed by atoms with Crippen LogP contribution >= 0.6 is 11.6 Å². The number of hydrogen-bond acceptors (Lipinski definition) is 3. The molecule has 0 spiro atoms. The third-order valence-corrected chi connectivity index (χ3v) is 2.37. The van der Waals surface area contributed by atoms with E-state index in [2.05, 4.69) is 0 Å². The van der Waals surface area contributed by atoms with Gasteiger partial charge in [-0.3, -0.25) is 0 Å². The topological polar surface area (TPSA) is 54.4 Å². The second-order valence-electron chi connectivity index (χ2n) is 2.84. The fourth-order valence-corrected chi connectivity index (χ4v) is 1.56. The summed E-state index contributed by atoms with van der Waals surface area (Å²) in [7, 11) is -3.33. The number of halogens is 1. The molecule has 3 nitrogen and oxygen atoms in total. The van der Waals surface area contributed by atoms with Crippen LogP contribution in [0.5, 0.6) is 0 Å². The van der Waals surface area contributed by atoms with Crippen LogP contribution in [0.4, 0.5) is 0 Å². The van der Waals surface area contributed by atoms with Gasteiger partial charge in [0.05, 0.1) is 5.41 Å². The van der Waals surface area contributed by atoms with E-state index >= 15 is 0 Å². The first kappa shape index (κ1) is 11.1. The highest BCUT2D eigenvalue weighted by molar-refractivity contribution is 7.93. The molecule has 14 heavy (non-hydrogen) atoms. The molecule has 0 heterocycles. The van der Waals surface area contributed by atoms with E-state index in [1.807, 2.05) is 0 Å². The Bertz CT molecular complexity index is 445. The summed E-state index contributed by atoms with van der Waals surface area (Å²) in [6.07, 6.45) is 1.01. The molecule has 1 aromatic carbocycles. The summed E-state index contributed by atoms with van der Waals surface area (Å²) in [5.74, 6) is -0.288. The lowest BCUT2D eigenvalue weighted by molar-refractivity contribution is 0.512. The lowest BCUT2D eigenvalue weighted by atomic mass is 10.2. The van der Waals surface area contributed by atoms with Gasteiger partial charge in [-0.05, 0) is 24.3 Å². The van der Waals surface area contributed by atoms with Gasteiger partial charge in [0, 0.05) is 16.8 Å². The Labute approximate surface area is 87.6 Å². The lowest BCUT2D eigenvalue weighted by Crippen LogP contribution is -1.92. The SMILES string of the molecule is CS(=O)(=O)/C=C(\O)c1ccc(Cl)cc1. The first-order chi connectivity index (χ1) is 6.38. The van der Waals surface area contributed by atoms with Gasteiger partial charge < -0.3 is 5.11 Å². The summed E-state index contributed by atoms with van der Waals surface area (Å²) in [4.78, 5) is 0. The van der Waals surface area contributed by atoms with Gasteiger partial charge in [0.1, 0.15) is 5.76 Å². The third kappa shape index (κ3) is 3.40. The number of aliphatic hydroxyl groups is 1. The zero-order chi connectivity index (χ0) is 10.8. The maximum absolute atomic E-state index is 10.8. The molecular weight excluding hydrogens is 224 g/mol. The summed E-state index contributed by atoms with van der Waals surface area (Å²) < 4.78 is 21.6. The van der Waals surface area contributed by atoms with Gasteiger partial charge in [-0.1, -0.05) is 11.6 Å². The minimum Gasteiger partial charge on any atom is -0.507 e. The molecule has 1 rings (SSSR count). The standard InChI is InChI=1S/C9H9ClO3S/c1-14(12,13)6-9(11)7-2-4-8(10)5-3-7/h2-6,11H,1H3/b9-6-. The summed E-state index contributed by atoms with van der Waals surface area (Å²) in [6.45, 7) is 0. The normalized spacial score (nSPS) is 12.9. The van der Waals surface area contributed by atoms with E-state index in [1.165, 1.54) is 0 Å². The van der Waals surface area contributed by atoms with Crippen LogP contribution in [0, 0.1) is 0 Å². The van der Waals surface area contributed by atoms with Crippen molar-refractivity contribution in [2.24, 2.45) is 0 Å². The third-order valence-electron chi connectivity index (χ3n) is 1.47. The van der Waals surface area contributed by atoms with Crippen LogP contribution in [0.15, 0.2) is 29.7 Å².